The molecule has 31 heavy (non-hydrogen) atoms. The summed E-state index contributed by atoms with van der Waals surface area (Å²) in [5.74, 6) is -1.03. The number of nitrogens with zero attached hydrogens (tertiary/aromatic N) is 3. The fourth-order valence-electron chi connectivity index (χ4n) is 4.19. The van der Waals surface area contributed by atoms with Crippen LogP contribution in [0, 0.1) is 11.2 Å². The van der Waals surface area contributed by atoms with Crippen LogP contribution in [-0.4, -0.2) is 32.2 Å². The maximum absolute atomic E-state index is 14.8. The zero-order chi connectivity index (χ0) is 22.1. The lowest BCUT2D eigenvalue weighted by Crippen LogP contribution is -2.35. The predicted octanol–water partition coefficient (Wildman–Crippen LogP) is 3.55. The Hall–Kier alpha value is -3.62. The Bertz CT molecular complexity index is 1300. The van der Waals surface area contributed by atoms with Gasteiger partial charge in [0.1, 0.15) is 11.4 Å². The molecule has 1 aromatic carbocycles. The summed E-state index contributed by atoms with van der Waals surface area (Å²) in [5.41, 5.74) is 0.533. The van der Waals surface area contributed by atoms with Crippen LogP contribution in [0.25, 0.3) is 22.6 Å². The van der Waals surface area contributed by atoms with Gasteiger partial charge in [-0.3, -0.25) is 9.48 Å². The van der Waals surface area contributed by atoms with Crippen LogP contribution in [0.15, 0.2) is 35.3 Å². The van der Waals surface area contributed by atoms with Gasteiger partial charge in [-0.15, -0.1) is 0 Å². The van der Waals surface area contributed by atoms with E-state index in [0.29, 0.717) is 35.1 Å². The molecular formula is C22H20FN3O5. The number of ether oxygens (including phenoxy) is 2. The van der Waals surface area contributed by atoms with Crippen LogP contribution in [0.2, 0.25) is 0 Å². The maximum atomic E-state index is 14.8. The number of carboxylic acids is 1. The van der Waals surface area contributed by atoms with Crippen LogP contribution in [0.3, 0.4) is 0 Å². The van der Waals surface area contributed by atoms with Crippen molar-refractivity contribution in [1.29, 1.82) is 0 Å². The maximum Gasteiger partial charge on any atom is 0.341 e. The van der Waals surface area contributed by atoms with Gasteiger partial charge in [-0.1, -0.05) is 20.8 Å². The van der Waals surface area contributed by atoms with E-state index in [4.69, 9.17) is 9.47 Å². The first-order valence-corrected chi connectivity index (χ1v) is 9.81. The quantitative estimate of drug-likeness (QED) is 0.675. The van der Waals surface area contributed by atoms with Crippen LogP contribution < -0.4 is 14.9 Å². The molecule has 0 amide bonds. The molecule has 2 aromatic heterocycles. The van der Waals surface area contributed by atoms with Gasteiger partial charge in [0.25, 0.3) is 0 Å². The monoisotopic (exact) mass is 425 g/mol. The molecule has 2 aliphatic heterocycles. The third kappa shape index (κ3) is 2.91. The van der Waals surface area contributed by atoms with E-state index in [1.807, 2.05) is 25.3 Å². The highest BCUT2D eigenvalue weighted by atomic mass is 19.1. The van der Waals surface area contributed by atoms with E-state index >= 15 is 0 Å². The lowest BCUT2D eigenvalue weighted by molar-refractivity contribution is 0.0693. The van der Waals surface area contributed by atoms with Gasteiger partial charge in [-0.2, -0.15) is 5.10 Å². The van der Waals surface area contributed by atoms with E-state index in [9.17, 15) is 19.1 Å². The second kappa shape index (κ2) is 6.44. The Kier molecular flexibility index (Phi) is 4.02. The summed E-state index contributed by atoms with van der Waals surface area (Å²) in [6, 6.07) is 5.63. The fraction of sp³-hybridized carbons (Fsp3) is 0.318. The van der Waals surface area contributed by atoms with Crippen LogP contribution in [0.4, 0.5) is 4.39 Å². The molecule has 5 rings (SSSR count). The number of carbonyl (C=O) groups is 1. The van der Waals surface area contributed by atoms with Gasteiger partial charge in [0, 0.05) is 12.3 Å². The summed E-state index contributed by atoms with van der Waals surface area (Å²) in [6.45, 7) is 6.53. The number of pyridine rings is 1. The molecule has 0 fully saturated rings. The Balaban J connectivity index is 1.74. The van der Waals surface area contributed by atoms with Crippen molar-refractivity contribution in [2.45, 2.75) is 33.4 Å². The number of fused-ring (bicyclic) bond motifs is 4. The summed E-state index contributed by atoms with van der Waals surface area (Å²) in [4.78, 5) is 24.0. The molecule has 1 atom stereocenters. The van der Waals surface area contributed by atoms with Gasteiger partial charge in [0.15, 0.2) is 16.9 Å². The average Bonchev–Trinajstić information content (AvgIpc) is 3.32. The van der Waals surface area contributed by atoms with Crippen molar-refractivity contribution in [3.8, 4) is 34.1 Å². The number of carboxylic acid groups (broad SMARTS) is 1. The van der Waals surface area contributed by atoms with Gasteiger partial charge >= 0.3 is 5.97 Å². The predicted molar refractivity (Wildman–Crippen MR) is 109 cm³/mol. The highest BCUT2D eigenvalue weighted by molar-refractivity contribution is 5.87. The molecule has 160 valence electrons. The van der Waals surface area contributed by atoms with E-state index in [-0.39, 0.29) is 29.4 Å². The van der Waals surface area contributed by atoms with E-state index in [1.54, 1.807) is 10.7 Å². The molecule has 0 unspecified atom stereocenters. The minimum atomic E-state index is -1.27. The van der Waals surface area contributed by atoms with Crippen molar-refractivity contribution in [3.05, 3.63) is 52.1 Å². The fourth-order valence-corrected chi connectivity index (χ4v) is 4.19. The summed E-state index contributed by atoms with van der Waals surface area (Å²) in [5, 5.41) is 14.0. The largest absolute Gasteiger partial charge is 0.477 e. The number of halogens is 1. The first-order chi connectivity index (χ1) is 14.6. The number of hydrogen-bond acceptors (Lipinski definition) is 5. The molecule has 2 aliphatic rings. The number of hydrogen-bond donors (Lipinski definition) is 1. The summed E-state index contributed by atoms with van der Waals surface area (Å²) < 4.78 is 29.1. The molecule has 0 saturated carbocycles. The van der Waals surface area contributed by atoms with Crippen molar-refractivity contribution in [2.24, 2.45) is 5.41 Å². The minimum absolute atomic E-state index is 0.00163. The van der Waals surface area contributed by atoms with Gasteiger partial charge in [0.2, 0.25) is 6.79 Å². The number of rotatable bonds is 2. The Labute approximate surface area is 176 Å². The van der Waals surface area contributed by atoms with Crippen molar-refractivity contribution in [2.75, 3.05) is 6.79 Å². The molecule has 0 radical (unpaired) electrons. The van der Waals surface area contributed by atoms with E-state index < -0.39 is 17.2 Å². The molecule has 3 aromatic rings. The first kappa shape index (κ1) is 19.3. The molecule has 1 N–H and O–H groups in total. The number of benzene rings is 1. The summed E-state index contributed by atoms with van der Waals surface area (Å²) in [6.07, 6.45) is 1.39. The van der Waals surface area contributed by atoms with E-state index in [0.717, 1.165) is 0 Å². The minimum Gasteiger partial charge on any atom is -0.477 e. The van der Waals surface area contributed by atoms with E-state index in [2.05, 4.69) is 5.10 Å². The van der Waals surface area contributed by atoms with Crippen LogP contribution in [-0.2, 0) is 6.54 Å². The zero-order valence-electron chi connectivity index (χ0n) is 17.2. The number of aromatic carboxylic acids is 1. The van der Waals surface area contributed by atoms with Crippen LogP contribution >= 0.6 is 0 Å². The van der Waals surface area contributed by atoms with E-state index in [1.165, 1.54) is 24.4 Å². The third-order valence-corrected chi connectivity index (χ3v) is 5.78. The molecule has 0 spiro atoms. The Morgan fingerprint density at radius 1 is 1.23 bits per heavy atom. The van der Waals surface area contributed by atoms with Crippen LogP contribution in [0.1, 0.15) is 37.2 Å². The van der Waals surface area contributed by atoms with Gasteiger partial charge in [0.05, 0.1) is 35.2 Å². The van der Waals surface area contributed by atoms with Gasteiger partial charge < -0.3 is 19.1 Å². The number of aromatic nitrogens is 3. The lowest BCUT2D eigenvalue weighted by Gasteiger charge is -2.38. The first-order valence-electron chi connectivity index (χ1n) is 9.81. The molecule has 8 nitrogen and oxygen atoms in total. The third-order valence-electron chi connectivity index (χ3n) is 5.78. The smallest absolute Gasteiger partial charge is 0.341 e. The van der Waals surface area contributed by atoms with Crippen LogP contribution in [0.5, 0.6) is 11.5 Å². The molecule has 4 heterocycles. The summed E-state index contributed by atoms with van der Waals surface area (Å²) in [7, 11) is 0. The highest BCUT2D eigenvalue weighted by Gasteiger charge is 2.35. The molecule has 0 aliphatic carbocycles. The molecule has 0 saturated heterocycles. The topological polar surface area (TPSA) is 95.6 Å². The lowest BCUT2D eigenvalue weighted by atomic mass is 9.85. The normalized spacial score (nSPS) is 16.7. The van der Waals surface area contributed by atoms with Gasteiger partial charge in [-0.05, 0) is 23.6 Å². The zero-order valence-corrected chi connectivity index (χ0v) is 17.2. The molecular weight excluding hydrogens is 405 g/mol. The highest BCUT2D eigenvalue weighted by Crippen LogP contribution is 2.45. The van der Waals surface area contributed by atoms with Crippen molar-refractivity contribution < 1.29 is 23.8 Å². The summed E-state index contributed by atoms with van der Waals surface area (Å²) >= 11 is 0. The Morgan fingerprint density at radius 2 is 2.00 bits per heavy atom. The SMILES string of the molecule is CC(C)(C)[C@@H]1Cn2nc(-c3c(F)ccc4c3OCO4)cc2-c2cc(=O)c(C(=O)O)cn21. The van der Waals surface area contributed by atoms with Crippen molar-refractivity contribution >= 4 is 5.97 Å². The Morgan fingerprint density at radius 3 is 2.71 bits per heavy atom. The van der Waals surface area contributed by atoms with Crippen molar-refractivity contribution in [3.63, 3.8) is 0 Å². The second-order valence-electron chi connectivity index (χ2n) is 8.78. The standard InChI is InChI=1S/C22H20FN3O5/c1-22(2,3)18-9-26-15(14-7-16(27)11(21(28)29)8-25(14)18)6-13(24-26)19-12(23)4-5-17-20(19)31-10-30-17/h4-8,18H,9-10H2,1-3H3,(H,28,29)/t18-/m0/s1. The van der Waals surface area contributed by atoms with Crippen molar-refractivity contribution in [1.82, 2.24) is 14.3 Å². The van der Waals surface area contributed by atoms with Gasteiger partial charge in [-0.25, -0.2) is 9.18 Å². The molecule has 0 bridgehead atoms. The second-order valence-corrected chi connectivity index (χ2v) is 8.78. The average molecular weight is 425 g/mol. The molecule has 9 heteroatoms.